The molecule has 0 aromatic heterocycles. The van der Waals surface area contributed by atoms with Crippen molar-refractivity contribution in [2.24, 2.45) is 0 Å². The Balaban J connectivity index is 2.23. The predicted octanol–water partition coefficient (Wildman–Crippen LogP) is 1.98. The normalized spacial score (nSPS) is 11.0. The number of hydrogen-bond donors (Lipinski definition) is 1. The molecule has 27 heavy (non-hydrogen) atoms. The minimum absolute atomic E-state index is 0.0228. The maximum atomic E-state index is 12.5. The second-order valence-electron chi connectivity index (χ2n) is 5.36. The van der Waals surface area contributed by atoms with Crippen LogP contribution < -0.4 is 18.9 Å². The van der Waals surface area contributed by atoms with Gasteiger partial charge in [0, 0.05) is 18.2 Å². The number of esters is 1. The van der Waals surface area contributed by atoms with Crippen molar-refractivity contribution in [2.75, 3.05) is 28.4 Å². The molecule has 0 aliphatic rings. The van der Waals surface area contributed by atoms with Gasteiger partial charge in [0.25, 0.3) is 0 Å². The third kappa shape index (κ3) is 4.69. The molecular formula is C18H21NO7S. The number of rotatable bonds is 8. The molecular weight excluding hydrogens is 374 g/mol. The van der Waals surface area contributed by atoms with E-state index in [0.29, 0.717) is 22.8 Å². The van der Waals surface area contributed by atoms with Crippen LogP contribution in [0.15, 0.2) is 41.3 Å². The molecule has 9 heteroatoms. The summed E-state index contributed by atoms with van der Waals surface area (Å²) in [6, 6.07) is 8.70. The first kappa shape index (κ1) is 20.5. The second kappa shape index (κ2) is 8.74. The smallest absolute Gasteiger partial charge is 0.337 e. The van der Waals surface area contributed by atoms with E-state index in [2.05, 4.69) is 9.46 Å². The lowest BCUT2D eigenvalue weighted by molar-refractivity contribution is 0.0600. The molecule has 2 rings (SSSR count). The molecule has 8 nitrogen and oxygen atoms in total. The van der Waals surface area contributed by atoms with Crippen molar-refractivity contribution in [3.63, 3.8) is 0 Å². The Morgan fingerprint density at radius 1 is 0.889 bits per heavy atom. The number of sulfonamides is 1. The maximum absolute atomic E-state index is 12.5. The Morgan fingerprint density at radius 3 is 1.96 bits per heavy atom. The molecule has 2 aromatic rings. The molecule has 0 saturated heterocycles. The average molecular weight is 395 g/mol. The van der Waals surface area contributed by atoms with E-state index in [0.717, 1.165) is 0 Å². The van der Waals surface area contributed by atoms with Crippen LogP contribution in [0.25, 0.3) is 0 Å². The fourth-order valence-corrected chi connectivity index (χ4v) is 3.38. The number of carbonyl (C=O) groups excluding carboxylic acids is 1. The molecule has 0 fully saturated rings. The molecule has 146 valence electrons. The molecule has 0 atom stereocenters. The van der Waals surface area contributed by atoms with E-state index in [1.165, 1.54) is 52.7 Å². The Labute approximate surface area is 158 Å². The average Bonchev–Trinajstić information content (AvgIpc) is 2.70. The van der Waals surface area contributed by atoms with Crippen LogP contribution in [0.2, 0.25) is 0 Å². The molecule has 0 unspecified atom stereocenters. The topological polar surface area (TPSA) is 100 Å². The van der Waals surface area contributed by atoms with Gasteiger partial charge in [-0.05, 0) is 30.3 Å². The highest BCUT2D eigenvalue weighted by Crippen LogP contribution is 2.34. The van der Waals surface area contributed by atoms with E-state index in [9.17, 15) is 13.2 Å². The van der Waals surface area contributed by atoms with Crippen LogP contribution in [0.5, 0.6) is 17.2 Å². The van der Waals surface area contributed by atoms with Gasteiger partial charge in [-0.2, -0.15) is 0 Å². The molecule has 0 spiro atoms. The molecule has 0 aliphatic heterocycles. The highest BCUT2D eigenvalue weighted by atomic mass is 32.2. The van der Waals surface area contributed by atoms with E-state index in [1.807, 2.05) is 0 Å². The number of nitrogens with one attached hydrogen (secondary N) is 1. The van der Waals surface area contributed by atoms with Crippen LogP contribution in [-0.2, 0) is 21.3 Å². The zero-order valence-electron chi connectivity index (χ0n) is 15.4. The zero-order valence-corrected chi connectivity index (χ0v) is 16.3. The lowest BCUT2D eigenvalue weighted by Gasteiger charge is -2.15. The minimum Gasteiger partial charge on any atom is -0.496 e. The van der Waals surface area contributed by atoms with Crippen molar-refractivity contribution < 1.29 is 32.2 Å². The van der Waals surface area contributed by atoms with E-state index in [-0.39, 0.29) is 17.0 Å². The van der Waals surface area contributed by atoms with Gasteiger partial charge in [0.05, 0.1) is 38.9 Å². The van der Waals surface area contributed by atoms with Gasteiger partial charge in [0.2, 0.25) is 10.0 Å². The SMILES string of the molecule is COC(=O)c1ccc(S(=O)(=O)NCc2cc(OC)c(OC)cc2OC)cc1. The van der Waals surface area contributed by atoms with E-state index < -0.39 is 16.0 Å². The number of carbonyl (C=O) groups is 1. The van der Waals surface area contributed by atoms with Gasteiger partial charge in [0.15, 0.2) is 11.5 Å². The summed E-state index contributed by atoms with van der Waals surface area (Å²) in [4.78, 5) is 11.5. The van der Waals surface area contributed by atoms with Crippen molar-refractivity contribution in [3.05, 3.63) is 47.5 Å². The van der Waals surface area contributed by atoms with Gasteiger partial charge in [-0.25, -0.2) is 17.9 Å². The molecule has 0 aliphatic carbocycles. The number of benzene rings is 2. The molecule has 0 saturated carbocycles. The fourth-order valence-electron chi connectivity index (χ4n) is 2.37. The standard InChI is InChI=1S/C18H21NO7S/c1-23-15-10-17(25-3)16(24-2)9-13(15)11-19-27(21,22)14-7-5-12(6-8-14)18(20)26-4/h5-10,19H,11H2,1-4H3. The minimum atomic E-state index is -3.80. The molecule has 2 aromatic carbocycles. The number of hydrogen-bond acceptors (Lipinski definition) is 7. The van der Waals surface area contributed by atoms with Gasteiger partial charge >= 0.3 is 5.97 Å². The largest absolute Gasteiger partial charge is 0.496 e. The lowest BCUT2D eigenvalue weighted by atomic mass is 10.1. The fraction of sp³-hybridized carbons (Fsp3) is 0.278. The number of methoxy groups -OCH3 is 4. The Kier molecular flexibility index (Phi) is 6.65. The summed E-state index contributed by atoms with van der Waals surface area (Å²) in [5.41, 5.74) is 0.836. The van der Waals surface area contributed by atoms with Gasteiger partial charge in [-0.15, -0.1) is 0 Å². The second-order valence-corrected chi connectivity index (χ2v) is 7.13. The van der Waals surface area contributed by atoms with Crippen molar-refractivity contribution >= 4 is 16.0 Å². The summed E-state index contributed by atoms with van der Waals surface area (Å²) in [6.45, 7) is -0.0232. The third-order valence-corrected chi connectivity index (χ3v) is 5.24. The van der Waals surface area contributed by atoms with Crippen molar-refractivity contribution in [1.29, 1.82) is 0 Å². The van der Waals surface area contributed by atoms with Crippen LogP contribution in [0.1, 0.15) is 15.9 Å². The highest BCUT2D eigenvalue weighted by Gasteiger charge is 2.18. The zero-order chi connectivity index (χ0) is 20.0. The summed E-state index contributed by atoms with van der Waals surface area (Å²) in [5.74, 6) is 0.840. The van der Waals surface area contributed by atoms with Crippen LogP contribution in [0.3, 0.4) is 0 Å². The summed E-state index contributed by atoms with van der Waals surface area (Å²) >= 11 is 0. The highest BCUT2D eigenvalue weighted by molar-refractivity contribution is 7.89. The molecule has 0 radical (unpaired) electrons. The number of ether oxygens (including phenoxy) is 4. The van der Waals surface area contributed by atoms with E-state index in [4.69, 9.17) is 14.2 Å². The molecule has 0 amide bonds. The predicted molar refractivity (Wildman–Crippen MR) is 97.9 cm³/mol. The monoisotopic (exact) mass is 395 g/mol. The van der Waals surface area contributed by atoms with Gasteiger partial charge in [0.1, 0.15) is 5.75 Å². The first-order chi connectivity index (χ1) is 12.9. The van der Waals surface area contributed by atoms with E-state index in [1.54, 1.807) is 12.1 Å². The summed E-state index contributed by atoms with van der Waals surface area (Å²) in [5, 5.41) is 0. The van der Waals surface area contributed by atoms with Crippen LogP contribution in [-0.4, -0.2) is 42.8 Å². The Bertz CT molecular complexity index is 908. The lowest BCUT2D eigenvalue weighted by Crippen LogP contribution is -2.23. The van der Waals surface area contributed by atoms with Crippen LogP contribution in [0.4, 0.5) is 0 Å². The summed E-state index contributed by atoms with van der Waals surface area (Å²) in [6.07, 6.45) is 0. The Morgan fingerprint density at radius 2 is 1.44 bits per heavy atom. The summed E-state index contributed by atoms with van der Waals surface area (Å²) < 4.78 is 47.8. The van der Waals surface area contributed by atoms with Crippen LogP contribution >= 0.6 is 0 Å². The van der Waals surface area contributed by atoms with E-state index >= 15 is 0 Å². The van der Waals surface area contributed by atoms with Crippen molar-refractivity contribution in [1.82, 2.24) is 4.72 Å². The van der Waals surface area contributed by atoms with Crippen molar-refractivity contribution in [2.45, 2.75) is 11.4 Å². The Hall–Kier alpha value is -2.78. The first-order valence-corrected chi connectivity index (χ1v) is 9.31. The molecule has 0 heterocycles. The maximum Gasteiger partial charge on any atom is 0.337 e. The van der Waals surface area contributed by atoms with Gasteiger partial charge < -0.3 is 18.9 Å². The molecule has 0 bridgehead atoms. The third-order valence-electron chi connectivity index (χ3n) is 3.82. The van der Waals surface area contributed by atoms with Crippen molar-refractivity contribution in [3.8, 4) is 17.2 Å². The van der Waals surface area contributed by atoms with Gasteiger partial charge in [-0.3, -0.25) is 0 Å². The quantitative estimate of drug-likeness (QED) is 0.682. The summed E-state index contributed by atoms with van der Waals surface area (Å²) in [7, 11) is 1.92. The van der Waals surface area contributed by atoms with Crippen LogP contribution in [0, 0.1) is 0 Å². The van der Waals surface area contributed by atoms with Gasteiger partial charge in [-0.1, -0.05) is 0 Å². The first-order valence-electron chi connectivity index (χ1n) is 7.83. The molecule has 1 N–H and O–H groups in total.